The highest BCUT2D eigenvalue weighted by Gasteiger charge is 1.95. The van der Waals surface area contributed by atoms with Gasteiger partial charge in [0.25, 0.3) is 0 Å². The van der Waals surface area contributed by atoms with Crippen molar-refractivity contribution in [1.29, 1.82) is 0 Å². The minimum atomic E-state index is -0.674. The Morgan fingerprint density at radius 1 is 1.00 bits per heavy atom. The first-order chi connectivity index (χ1) is 9.77. The van der Waals surface area contributed by atoms with Gasteiger partial charge >= 0.3 is 5.97 Å². The summed E-state index contributed by atoms with van der Waals surface area (Å²) < 4.78 is 0. The molecule has 0 aromatic carbocycles. The molecule has 0 spiro atoms. The van der Waals surface area contributed by atoms with Crippen molar-refractivity contribution in [2.45, 2.75) is 71.1 Å². The molecule has 20 heavy (non-hydrogen) atoms. The third-order valence-electron chi connectivity index (χ3n) is 3.05. The minimum Gasteiger partial charge on any atom is -0.481 e. The molecule has 1 N–H and O–H groups in total. The van der Waals surface area contributed by atoms with Crippen molar-refractivity contribution in [2.75, 3.05) is 5.75 Å². The molecule has 0 bridgehead atoms. The summed E-state index contributed by atoms with van der Waals surface area (Å²) in [5.41, 5.74) is 0. The second-order valence-corrected chi connectivity index (χ2v) is 6.05. The molecule has 0 fully saturated rings. The fourth-order valence-electron chi connectivity index (χ4n) is 1.85. The maximum Gasteiger partial charge on any atom is 0.303 e. The van der Waals surface area contributed by atoms with Gasteiger partial charge in [-0.15, -0.1) is 11.8 Å². The van der Waals surface area contributed by atoms with Gasteiger partial charge in [-0.1, -0.05) is 57.3 Å². The van der Waals surface area contributed by atoms with E-state index in [1.807, 2.05) is 11.8 Å². The van der Waals surface area contributed by atoms with Crippen LogP contribution in [0.3, 0.4) is 0 Å². The number of allylic oxidation sites excluding steroid dienone is 3. The minimum absolute atomic E-state index is 0.320. The van der Waals surface area contributed by atoms with E-state index in [0.29, 0.717) is 6.42 Å². The van der Waals surface area contributed by atoms with Crippen molar-refractivity contribution in [1.82, 2.24) is 0 Å². The monoisotopic (exact) mass is 298 g/mol. The number of unbranched alkanes of at least 4 members (excludes halogenated alkanes) is 7. The Labute approximate surface area is 128 Å². The van der Waals surface area contributed by atoms with Crippen molar-refractivity contribution in [3.63, 3.8) is 0 Å². The summed E-state index contributed by atoms with van der Waals surface area (Å²) in [5.74, 6) is 0.557. The molecule has 0 heterocycles. The normalized spacial score (nSPS) is 11.7. The third-order valence-corrected chi connectivity index (χ3v) is 3.92. The molecule has 0 amide bonds. The molecule has 116 valence electrons. The number of rotatable bonds is 14. The van der Waals surface area contributed by atoms with E-state index in [4.69, 9.17) is 5.11 Å². The highest BCUT2D eigenvalue weighted by Crippen LogP contribution is 2.09. The van der Waals surface area contributed by atoms with Crippen LogP contribution in [0.4, 0.5) is 0 Å². The Hall–Kier alpha value is -0.700. The van der Waals surface area contributed by atoms with Crippen molar-refractivity contribution >= 4 is 17.7 Å². The summed E-state index contributed by atoms with van der Waals surface area (Å²) in [7, 11) is 0. The van der Waals surface area contributed by atoms with Crippen molar-refractivity contribution < 1.29 is 9.90 Å². The summed E-state index contributed by atoms with van der Waals surface area (Å²) in [6.45, 7) is 2.23. The Balaban J connectivity index is 3.19. The highest BCUT2D eigenvalue weighted by atomic mass is 32.2. The predicted molar refractivity (Wildman–Crippen MR) is 90.2 cm³/mol. The van der Waals surface area contributed by atoms with Crippen LogP contribution >= 0.6 is 11.8 Å². The van der Waals surface area contributed by atoms with Crippen LogP contribution in [0.15, 0.2) is 23.6 Å². The number of carboxylic acids is 1. The Bertz CT molecular complexity index is 272. The van der Waals surface area contributed by atoms with Crippen LogP contribution in [-0.2, 0) is 4.79 Å². The number of hydrogen-bond acceptors (Lipinski definition) is 2. The fraction of sp³-hybridized carbons (Fsp3) is 0.706. The maximum atomic E-state index is 10.3. The van der Waals surface area contributed by atoms with E-state index in [1.165, 1.54) is 37.9 Å². The fourth-order valence-corrected chi connectivity index (χ4v) is 2.56. The van der Waals surface area contributed by atoms with Gasteiger partial charge in [0, 0.05) is 6.42 Å². The van der Waals surface area contributed by atoms with E-state index < -0.39 is 5.97 Å². The van der Waals surface area contributed by atoms with E-state index in [9.17, 15) is 4.79 Å². The Morgan fingerprint density at radius 3 is 2.50 bits per heavy atom. The third kappa shape index (κ3) is 17.3. The van der Waals surface area contributed by atoms with Gasteiger partial charge < -0.3 is 5.11 Å². The summed E-state index contributed by atoms with van der Waals surface area (Å²) in [5, 5.41) is 10.7. The molecular formula is C17H30O2S. The SMILES string of the molecule is CCCCCS/C=C/C=C/CCCCCCCC(=O)O. The summed E-state index contributed by atoms with van der Waals surface area (Å²) in [6, 6.07) is 0. The molecule has 3 heteroatoms. The smallest absolute Gasteiger partial charge is 0.303 e. The van der Waals surface area contributed by atoms with Gasteiger partial charge in [0.1, 0.15) is 0 Å². The quantitative estimate of drug-likeness (QED) is 0.325. The summed E-state index contributed by atoms with van der Waals surface area (Å²) >= 11 is 1.89. The van der Waals surface area contributed by atoms with Gasteiger partial charge in [0.15, 0.2) is 0 Å². The van der Waals surface area contributed by atoms with Crippen molar-refractivity contribution in [3.05, 3.63) is 23.6 Å². The number of carbonyl (C=O) groups is 1. The Morgan fingerprint density at radius 2 is 1.75 bits per heavy atom. The molecule has 0 atom stereocenters. The first kappa shape index (κ1) is 19.3. The lowest BCUT2D eigenvalue weighted by Crippen LogP contribution is -1.93. The zero-order valence-electron chi connectivity index (χ0n) is 12.9. The van der Waals surface area contributed by atoms with E-state index in [1.54, 1.807) is 0 Å². The first-order valence-corrected chi connectivity index (χ1v) is 8.97. The second-order valence-electron chi connectivity index (χ2n) is 5.03. The van der Waals surface area contributed by atoms with Crippen LogP contribution in [0, 0.1) is 0 Å². The molecule has 0 aliphatic carbocycles. The summed E-state index contributed by atoms with van der Waals surface area (Å²) in [4.78, 5) is 10.3. The lowest BCUT2D eigenvalue weighted by molar-refractivity contribution is -0.137. The van der Waals surface area contributed by atoms with Crippen molar-refractivity contribution in [2.24, 2.45) is 0 Å². The van der Waals surface area contributed by atoms with Gasteiger partial charge in [-0.2, -0.15) is 0 Å². The molecule has 0 radical (unpaired) electrons. The van der Waals surface area contributed by atoms with Gasteiger partial charge in [0.2, 0.25) is 0 Å². The lowest BCUT2D eigenvalue weighted by Gasteiger charge is -1.97. The first-order valence-electron chi connectivity index (χ1n) is 7.92. The summed E-state index contributed by atoms with van der Waals surface area (Å²) in [6.07, 6.45) is 17.3. The molecule has 0 unspecified atom stereocenters. The van der Waals surface area contributed by atoms with Gasteiger partial charge in [-0.05, 0) is 36.8 Å². The second kappa shape index (κ2) is 16.4. The Kier molecular flexibility index (Phi) is 15.8. The molecule has 0 aliphatic heterocycles. The molecule has 2 nitrogen and oxygen atoms in total. The molecular weight excluding hydrogens is 268 g/mol. The van der Waals surface area contributed by atoms with Gasteiger partial charge in [-0.3, -0.25) is 4.79 Å². The van der Waals surface area contributed by atoms with Crippen LogP contribution in [0.1, 0.15) is 71.1 Å². The topological polar surface area (TPSA) is 37.3 Å². The average Bonchev–Trinajstić information content (AvgIpc) is 2.43. The van der Waals surface area contributed by atoms with Crippen LogP contribution in [0.25, 0.3) is 0 Å². The number of thioether (sulfide) groups is 1. The number of carboxylic acid groups (broad SMARTS) is 1. The molecule has 0 rings (SSSR count). The maximum absolute atomic E-state index is 10.3. The van der Waals surface area contributed by atoms with Gasteiger partial charge in [0.05, 0.1) is 0 Å². The van der Waals surface area contributed by atoms with E-state index in [0.717, 1.165) is 25.7 Å². The molecule has 0 saturated heterocycles. The lowest BCUT2D eigenvalue weighted by atomic mass is 10.1. The number of aliphatic carboxylic acids is 1. The molecule has 0 aromatic heterocycles. The largest absolute Gasteiger partial charge is 0.481 e. The molecule has 0 aliphatic rings. The highest BCUT2D eigenvalue weighted by molar-refractivity contribution is 8.02. The number of hydrogen-bond donors (Lipinski definition) is 1. The average molecular weight is 298 g/mol. The van der Waals surface area contributed by atoms with Gasteiger partial charge in [-0.25, -0.2) is 0 Å². The zero-order chi connectivity index (χ0) is 14.9. The van der Waals surface area contributed by atoms with Crippen LogP contribution < -0.4 is 0 Å². The van der Waals surface area contributed by atoms with Crippen LogP contribution in [-0.4, -0.2) is 16.8 Å². The van der Waals surface area contributed by atoms with Crippen LogP contribution in [0.5, 0.6) is 0 Å². The predicted octanol–water partition coefficient (Wildman–Crippen LogP) is 5.80. The standard InChI is InChI=1S/C17H30O2S/c1-2-3-12-15-20-16-13-10-8-6-4-5-7-9-11-14-17(18)19/h8,10,13,16H,2-7,9,11-12,14-15H2,1H3,(H,18,19)/b10-8+,16-13+. The van der Waals surface area contributed by atoms with E-state index in [2.05, 4.69) is 30.6 Å². The molecule has 0 saturated carbocycles. The van der Waals surface area contributed by atoms with Crippen molar-refractivity contribution in [3.8, 4) is 0 Å². The van der Waals surface area contributed by atoms with E-state index >= 15 is 0 Å². The van der Waals surface area contributed by atoms with Crippen LogP contribution in [0.2, 0.25) is 0 Å². The zero-order valence-corrected chi connectivity index (χ0v) is 13.7. The molecule has 0 aromatic rings. The van der Waals surface area contributed by atoms with E-state index in [-0.39, 0.29) is 0 Å².